The molecule has 4 heterocycles. The molecule has 0 amide bonds. The van der Waals surface area contributed by atoms with Crippen LogP contribution in [-0.4, -0.2) is 0 Å². The molecule has 0 radical (unpaired) electrons. The predicted molar refractivity (Wildman–Crippen MR) is 179 cm³/mol. The zero-order valence-corrected chi connectivity index (χ0v) is 26.1. The van der Waals surface area contributed by atoms with Crippen LogP contribution in [0.25, 0.3) is 64.1 Å². The molecule has 0 saturated heterocycles. The van der Waals surface area contributed by atoms with Crippen LogP contribution in [0.15, 0.2) is 146 Å². The fourth-order valence-electron chi connectivity index (χ4n) is 5.84. The molecule has 4 nitrogen and oxygen atoms in total. The molecular weight excluding hydrogens is 577 g/mol. The van der Waals surface area contributed by atoms with Gasteiger partial charge in [0.25, 0.3) is 10.0 Å². The molecule has 8 aromatic rings. The maximum absolute atomic E-state index is 2.28. The van der Waals surface area contributed by atoms with E-state index in [1.165, 1.54) is 52.7 Å². The van der Waals surface area contributed by atoms with Crippen molar-refractivity contribution in [2.45, 2.75) is 0 Å². The molecule has 0 aliphatic carbocycles. The first-order valence-electron chi connectivity index (χ1n) is 14.6. The fraction of sp³-hybridized carbons (Fsp3) is 0.0526. The summed E-state index contributed by atoms with van der Waals surface area (Å²) in [5.74, 6) is 0. The van der Waals surface area contributed by atoms with Crippen molar-refractivity contribution < 1.29 is 18.3 Å². The van der Waals surface area contributed by atoms with Gasteiger partial charge in [-0.05, 0) is 47.5 Å². The standard InChI is InChI=1S/C38H30N4S2/c1-39-33-7-3-5-9-35(33)43-37(39)29-11-15-31(16-12-29)41-23-19-27(20-24-41)28-21-25-42(26-22-28)32-17-13-30(14-18-32)38-40(2)34-8-4-6-10-36(34)44-38/h3-26H,1-2H3/q+4. The Hall–Kier alpha value is -5.04. The van der Waals surface area contributed by atoms with Gasteiger partial charge in [0.2, 0.25) is 22.4 Å². The van der Waals surface area contributed by atoms with Gasteiger partial charge in [0, 0.05) is 60.7 Å². The zero-order chi connectivity index (χ0) is 29.6. The van der Waals surface area contributed by atoms with Crippen molar-refractivity contribution in [2.24, 2.45) is 14.1 Å². The second kappa shape index (κ2) is 10.9. The Morgan fingerprint density at radius 1 is 0.386 bits per heavy atom. The summed E-state index contributed by atoms with van der Waals surface area (Å²) in [5.41, 5.74) is 9.66. The smallest absolute Gasteiger partial charge is 0.184 e. The Balaban J connectivity index is 0.986. The van der Waals surface area contributed by atoms with E-state index in [4.69, 9.17) is 0 Å². The van der Waals surface area contributed by atoms with E-state index in [1.807, 2.05) is 22.7 Å². The van der Waals surface area contributed by atoms with Crippen molar-refractivity contribution in [3.63, 3.8) is 0 Å². The lowest BCUT2D eigenvalue weighted by atomic mass is 10.1. The summed E-state index contributed by atoms with van der Waals surface area (Å²) in [6.07, 6.45) is 8.55. The van der Waals surface area contributed by atoms with Crippen LogP contribution in [-0.2, 0) is 14.1 Å². The van der Waals surface area contributed by atoms with Gasteiger partial charge >= 0.3 is 0 Å². The number of hydrogen-bond acceptors (Lipinski definition) is 2. The first kappa shape index (κ1) is 26.6. The molecule has 210 valence electrons. The largest absolute Gasteiger partial charge is 0.269 e. The average molecular weight is 607 g/mol. The highest BCUT2D eigenvalue weighted by Crippen LogP contribution is 2.29. The van der Waals surface area contributed by atoms with Gasteiger partial charge in [-0.3, -0.25) is 0 Å². The third kappa shape index (κ3) is 4.69. The van der Waals surface area contributed by atoms with E-state index in [2.05, 4.69) is 178 Å². The van der Waals surface area contributed by atoms with Crippen LogP contribution < -0.4 is 18.3 Å². The van der Waals surface area contributed by atoms with Crippen LogP contribution in [0.5, 0.6) is 0 Å². The molecule has 0 spiro atoms. The number of aromatic nitrogens is 4. The van der Waals surface area contributed by atoms with Crippen molar-refractivity contribution in [2.75, 3.05) is 0 Å². The number of fused-ring (bicyclic) bond motifs is 2. The maximum atomic E-state index is 2.28. The summed E-state index contributed by atoms with van der Waals surface area (Å²) >= 11 is 3.66. The molecule has 4 aromatic heterocycles. The van der Waals surface area contributed by atoms with Gasteiger partial charge < -0.3 is 0 Å². The highest BCUT2D eigenvalue weighted by atomic mass is 32.1. The highest BCUT2D eigenvalue weighted by Gasteiger charge is 2.20. The molecule has 8 rings (SSSR count). The number of pyridine rings is 2. The van der Waals surface area contributed by atoms with Crippen molar-refractivity contribution in [3.8, 4) is 43.6 Å². The highest BCUT2D eigenvalue weighted by molar-refractivity contribution is 7.21. The number of hydrogen-bond donors (Lipinski definition) is 0. The first-order chi connectivity index (χ1) is 21.6. The Labute approximate surface area is 264 Å². The number of thiazole rings is 2. The molecule has 4 aromatic carbocycles. The van der Waals surface area contributed by atoms with Crippen LogP contribution in [0.2, 0.25) is 0 Å². The van der Waals surface area contributed by atoms with E-state index in [-0.39, 0.29) is 0 Å². The van der Waals surface area contributed by atoms with Crippen LogP contribution in [0.3, 0.4) is 0 Å². The minimum atomic E-state index is 1.14. The first-order valence-corrected chi connectivity index (χ1v) is 16.3. The van der Waals surface area contributed by atoms with Gasteiger partial charge in [-0.15, -0.1) is 0 Å². The minimum absolute atomic E-state index is 1.14. The Morgan fingerprint density at radius 3 is 1.11 bits per heavy atom. The second-order valence-electron chi connectivity index (χ2n) is 10.9. The molecule has 0 fully saturated rings. The quantitative estimate of drug-likeness (QED) is 0.183. The SMILES string of the molecule is C[n+]1c(-c2ccc(-[n+]3ccc(-c4cc[n+](-c5ccc(-c6sc7ccccc7[n+]6C)cc5)cc4)cc3)cc2)sc2ccccc21. The van der Waals surface area contributed by atoms with E-state index >= 15 is 0 Å². The molecule has 0 atom stereocenters. The Kier molecular flexibility index (Phi) is 6.59. The van der Waals surface area contributed by atoms with Gasteiger partial charge in [0.1, 0.15) is 23.5 Å². The molecule has 0 N–H and O–H groups in total. The molecule has 0 bridgehead atoms. The van der Waals surface area contributed by atoms with E-state index in [0.29, 0.717) is 0 Å². The van der Waals surface area contributed by atoms with Crippen molar-refractivity contribution in [3.05, 3.63) is 146 Å². The van der Waals surface area contributed by atoms with Gasteiger partial charge in [-0.25, -0.2) is 0 Å². The number of para-hydroxylation sites is 2. The number of aryl methyl sites for hydroxylation is 2. The topological polar surface area (TPSA) is 15.5 Å². The lowest BCUT2D eigenvalue weighted by Crippen LogP contribution is -2.30. The lowest BCUT2D eigenvalue weighted by Gasteiger charge is -2.02. The van der Waals surface area contributed by atoms with Gasteiger partial charge in [0.05, 0.1) is 11.1 Å². The summed E-state index contributed by atoms with van der Waals surface area (Å²) in [7, 11) is 4.29. The van der Waals surface area contributed by atoms with Gasteiger partial charge in [-0.1, -0.05) is 46.9 Å². The number of nitrogens with zero attached hydrogens (tertiary/aromatic N) is 4. The summed E-state index contributed by atoms with van der Waals surface area (Å²) in [4.78, 5) is 0. The van der Waals surface area contributed by atoms with E-state index in [9.17, 15) is 0 Å². The third-order valence-corrected chi connectivity index (χ3v) is 10.8. The van der Waals surface area contributed by atoms with E-state index in [1.54, 1.807) is 0 Å². The minimum Gasteiger partial charge on any atom is -0.184 e. The van der Waals surface area contributed by atoms with Crippen LogP contribution >= 0.6 is 22.7 Å². The van der Waals surface area contributed by atoms with Crippen molar-refractivity contribution in [1.82, 2.24) is 0 Å². The maximum Gasteiger partial charge on any atom is 0.269 e. The summed E-state index contributed by atoms with van der Waals surface area (Å²) < 4.78 is 11.5. The predicted octanol–water partition coefficient (Wildman–Crippen LogP) is 7.32. The van der Waals surface area contributed by atoms with Crippen LogP contribution in [0.1, 0.15) is 0 Å². The fourth-order valence-corrected chi connectivity index (χ4v) is 8.15. The van der Waals surface area contributed by atoms with Gasteiger partial charge in [-0.2, -0.15) is 18.3 Å². The number of rotatable bonds is 5. The molecular formula is C38H30N4S2+4. The molecule has 0 unspecified atom stereocenters. The lowest BCUT2D eigenvalue weighted by molar-refractivity contribution is -0.629. The molecule has 0 saturated carbocycles. The molecule has 0 aliphatic heterocycles. The normalized spacial score (nSPS) is 11.4. The second-order valence-corrected chi connectivity index (χ2v) is 13.0. The average Bonchev–Trinajstić information content (AvgIpc) is 3.61. The zero-order valence-electron chi connectivity index (χ0n) is 24.5. The van der Waals surface area contributed by atoms with E-state index in [0.717, 1.165) is 11.4 Å². The van der Waals surface area contributed by atoms with Gasteiger partial charge in [0.15, 0.2) is 24.8 Å². The van der Waals surface area contributed by atoms with Crippen LogP contribution in [0, 0.1) is 0 Å². The molecule has 44 heavy (non-hydrogen) atoms. The monoisotopic (exact) mass is 606 g/mol. The van der Waals surface area contributed by atoms with Crippen molar-refractivity contribution >= 4 is 43.1 Å². The number of benzene rings is 4. The van der Waals surface area contributed by atoms with E-state index < -0.39 is 0 Å². The summed E-state index contributed by atoms with van der Waals surface area (Å²) in [5, 5.41) is 2.53. The summed E-state index contributed by atoms with van der Waals surface area (Å²) in [6.45, 7) is 0. The van der Waals surface area contributed by atoms with Crippen LogP contribution in [0.4, 0.5) is 0 Å². The van der Waals surface area contributed by atoms with Crippen molar-refractivity contribution in [1.29, 1.82) is 0 Å². The summed E-state index contributed by atoms with van der Waals surface area (Å²) in [6, 6.07) is 43.5. The molecule has 0 aliphatic rings. The third-order valence-electron chi connectivity index (χ3n) is 8.29. The Bertz CT molecular complexity index is 2100. The molecule has 6 heteroatoms. The Morgan fingerprint density at radius 2 is 0.750 bits per heavy atom.